The highest BCUT2D eigenvalue weighted by Crippen LogP contribution is 2.16. The van der Waals surface area contributed by atoms with E-state index in [0.29, 0.717) is 12.1 Å². The molecule has 0 bridgehead atoms. The number of aryl methyl sites for hydroxylation is 1. The van der Waals surface area contributed by atoms with E-state index in [1.165, 1.54) is 0 Å². The Bertz CT molecular complexity index is 645. The summed E-state index contributed by atoms with van der Waals surface area (Å²) < 4.78 is 0. The van der Waals surface area contributed by atoms with Crippen molar-refractivity contribution in [3.63, 3.8) is 0 Å². The quantitative estimate of drug-likeness (QED) is 0.921. The molecule has 20 heavy (non-hydrogen) atoms. The minimum absolute atomic E-state index is 0.589. The number of hydrogen-bond acceptors (Lipinski definition) is 5. The van der Waals surface area contributed by atoms with Crippen LogP contribution < -0.4 is 10.2 Å². The number of nitriles is 1. The number of benzene rings is 1. The van der Waals surface area contributed by atoms with Crippen LogP contribution in [0, 0.1) is 18.3 Å². The van der Waals surface area contributed by atoms with E-state index in [1.807, 2.05) is 50.2 Å². The van der Waals surface area contributed by atoms with Crippen molar-refractivity contribution in [2.24, 2.45) is 0 Å². The number of rotatable bonds is 4. The summed E-state index contributed by atoms with van der Waals surface area (Å²) in [5.41, 5.74) is 2.55. The van der Waals surface area contributed by atoms with Crippen LogP contribution in [0.3, 0.4) is 0 Å². The maximum Gasteiger partial charge on any atom is 0.150 e. The second-order valence-electron chi connectivity index (χ2n) is 4.58. The molecule has 0 unspecified atom stereocenters. The summed E-state index contributed by atoms with van der Waals surface area (Å²) in [5, 5.41) is 12.0. The molecule has 102 valence electrons. The number of hydrogen-bond donors (Lipinski definition) is 1. The molecule has 1 N–H and O–H groups in total. The molecule has 0 aliphatic rings. The molecular formula is C15H17N5. The van der Waals surface area contributed by atoms with E-state index < -0.39 is 0 Å². The van der Waals surface area contributed by atoms with Gasteiger partial charge < -0.3 is 10.2 Å². The van der Waals surface area contributed by atoms with Crippen LogP contribution in [0.4, 0.5) is 11.5 Å². The fourth-order valence-electron chi connectivity index (χ4n) is 1.95. The van der Waals surface area contributed by atoms with Gasteiger partial charge >= 0.3 is 0 Å². The van der Waals surface area contributed by atoms with E-state index >= 15 is 0 Å². The van der Waals surface area contributed by atoms with E-state index in [9.17, 15) is 0 Å². The summed E-state index contributed by atoms with van der Waals surface area (Å²) in [7, 11) is 3.80. The Kier molecular flexibility index (Phi) is 4.16. The van der Waals surface area contributed by atoms with Crippen molar-refractivity contribution in [1.82, 2.24) is 9.97 Å². The third-order valence-electron chi connectivity index (χ3n) is 2.95. The third-order valence-corrected chi connectivity index (χ3v) is 2.95. The molecule has 0 saturated carbocycles. The highest BCUT2D eigenvalue weighted by molar-refractivity contribution is 5.51. The summed E-state index contributed by atoms with van der Waals surface area (Å²) >= 11 is 0. The van der Waals surface area contributed by atoms with E-state index in [1.54, 1.807) is 6.07 Å². The Morgan fingerprint density at radius 1 is 1.30 bits per heavy atom. The van der Waals surface area contributed by atoms with Gasteiger partial charge in [0.25, 0.3) is 0 Å². The molecule has 0 amide bonds. The molecule has 0 spiro atoms. The van der Waals surface area contributed by atoms with Gasteiger partial charge in [-0.05, 0) is 25.1 Å². The lowest BCUT2D eigenvalue weighted by Gasteiger charge is -2.19. The number of anilines is 2. The fraction of sp³-hybridized carbons (Fsp3) is 0.267. The lowest BCUT2D eigenvalue weighted by Crippen LogP contribution is -2.19. The zero-order valence-corrected chi connectivity index (χ0v) is 11.9. The van der Waals surface area contributed by atoms with Gasteiger partial charge in [-0.1, -0.05) is 6.07 Å². The maximum atomic E-state index is 8.94. The molecule has 5 heteroatoms. The molecule has 1 aromatic heterocycles. The number of nitrogens with one attached hydrogen (secondary N) is 1. The normalized spacial score (nSPS) is 9.90. The van der Waals surface area contributed by atoms with Gasteiger partial charge in [0.15, 0.2) is 0 Å². The summed E-state index contributed by atoms with van der Waals surface area (Å²) in [6.45, 7) is 2.54. The molecule has 5 nitrogen and oxygen atoms in total. The minimum Gasteiger partial charge on any atom is -0.373 e. The first-order valence-electron chi connectivity index (χ1n) is 6.36. The maximum absolute atomic E-state index is 8.94. The molecular weight excluding hydrogens is 250 g/mol. The average Bonchev–Trinajstić information content (AvgIpc) is 2.46. The first kappa shape index (κ1) is 13.8. The topological polar surface area (TPSA) is 64.8 Å². The van der Waals surface area contributed by atoms with E-state index in [4.69, 9.17) is 5.26 Å². The fourth-order valence-corrected chi connectivity index (χ4v) is 1.95. The summed E-state index contributed by atoms with van der Waals surface area (Å²) in [6.07, 6.45) is 0. The molecule has 1 heterocycles. The zero-order chi connectivity index (χ0) is 14.5. The molecule has 0 radical (unpaired) electrons. The smallest absolute Gasteiger partial charge is 0.150 e. The van der Waals surface area contributed by atoms with Crippen LogP contribution in [-0.2, 0) is 6.54 Å². The predicted molar refractivity (Wildman–Crippen MR) is 79.6 cm³/mol. The number of nitrogens with zero attached hydrogens (tertiary/aromatic N) is 4. The van der Waals surface area contributed by atoms with Crippen molar-refractivity contribution >= 4 is 11.5 Å². The van der Waals surface area contributed by atoms with Crippen molar-refractivity contribution < 1.29 is 0 Å². The minimum atomic E-state index is 0.589. The molecule has 2 rings (SSSR count). The van der Waals surface area contributed by atoms with Gasteiger partial charge in [0.1, 0.15) is 11.6 Å². The first-order valence-corrected chi connectivity index (χ1v) is 6.36. The lowest BCUT2D eigenvalue weighted by molar-refractivity contribution is 0.830. The van der Waals surface area contributed by atoms with Crippen molar-refractivity contribution in [3.05, 3.63) is 47.4 Å². The van der Waals surface area contributed by atoms with E-state index in [2.05, 4.69) is 21.4 Å². The molecule has 0 saturated heterocycles. The van der Waals surface area contributed by atoms with Crippen LogP contribution in [-0.4, -0.2) is 24.1 Å². The molecule has 0 aliphatic carbocycles. The molecule has 0 aliphatic heterocycles. The van der Waals surface area contributed by atoms with Crippen LogP contribution in [0.15, 0.2) is 30.3 Å². The van der Waals surface area contributed by atoms with E-state index in [0.717, 1.165) is 23.0 Å². The Labute approximate surface area is 118 Å². The van der Waals surface area contributed by atoms with Crippen LogP contribution in [0.2, 0.25) is 0 Å². The van der Waals surface area contributed by atoms with Crippen molar-refractivity contribution in [3.8, 4) is 6.07 Å². The van der Waals surface area contributed by atoms with E-state index in [-0.39, 0.29) is 0 Å². The second kappa shape index (κ2) is 6.02. The van der Waals surface area contributed by atoms with Crippen molar-refractivity contribution in [2.75, 3.05) is 24.3 Å². The molecule has 0 atom stereocenters. The monoisotopic (exact) mass is 267 g/mol. The van der Waals surface area contributed by atoms with Gasteiger partial charge in [0.05, 0.1) is 18.2 Å². The van der Waals surface area contributed by atoms with Crippen LogP contribution in [0.5, 0.6) is 0 Å². The van der Waals surface area contributed by atoms with Crippen molar-refractivity contribution in [1.29, 1.82) is 5.26 Å². The highest BCUT2D eigenvalue weighted by Gasteiger charge is 2.07. The Hall–Kier alpha value is -2.61. The lowest BCUT2D eigenvalue weighted by atomic mass is 10.2. The summed E-state index contributed by atoms with van der Waals surface area (Å²) in [4.78, 5) is 10.9. The summed E-state index contributed by atoms with van der Waals surface area (Å²) in [6, 6.07) is 11.5. The van der Waals surface area contributed by atoms with Gasteiger partial charge in [-0.3, -0.25) is 0 Å². The first-order chi connectivity index (χ1) is 9.62. The molecule has 2 aromatic rings. The van der Waals surface area contributed by atoms with Crippen molar-refractivity contribution in [2.45, 2.75) is 13.5 Å². The number of aromatic nitrogens is 2. The van der Waals surface area contributed by atoms with Gasteiger partial charge in [-0.25, -0.2) is 9.97 Å². The van der Waals surface area contributed by atoms with Gasteiger partial charge in [-0.15, -0.1) is 0 Å². The third kappa shape index (κ3) is 3.23. The Morgan fingerprint density at radius 3 is 2.80 bits per heavy atom. The summed E-state index contributed by atoms with van der Waals surface area (Å²) in [5.74, 6) is 1.56. The largest absolute Gasteiger partial charge is 0.373 e. The predicted octanol–water partition coefficient (Wildman–Crippen LogP) is 2.33. The molecule has 1 aromatic carbocycles. The highest BCUT2D eigenvalue weighted by atomic mass is 15.1. The van der Waals surface area contributed by atoms with Gasteiger partial charge in [0, 0.05) is 31.5 Å². The standard InChI is InChI=1S/C15H17N5/c1-11-7-14(17-2)19-15(18-11)10-20(3)13-6-4-5-12(8-13)9-16/h4-8H,10H2,1-3H3,(H,17,18,19). The average molecular weight is 267 g/mol. The van der Waals surface area contributed by atoms with Gasteiger partial charge in [0.2, 0.25) is 0 Å². The SMILES string of the molecule is CNc1cc(C)nc(CN(C)c2cccc(C#N)c2)n1. The second-order valence-corrected chi connectivity index (χ2v) is 4.58. The molecule has 0 fully saturated rings. The van der Waals surface area contributed by atoms with Crippen LogP contribution in [0.1, 0.15) is 17.1 Å². The Morgan fingerprint density at radius 2 is 2.10 bits per heavy atom. The van der Waals surface area contributed by atoms with Gasteiger partial charge in [-0.2, -0.15) is 5.26 Å². The zero-order valence-electron chi connectivity index (χ0n) is 11.9. The van der Waals surface area contributed by atoms with Crippen LogP contribution in [0.25, 0.3) is 0 Å². The van der Waals surface area contributed by atoms with Crippen LogP contribution >= 0.6 is 0 Å². The Balaban J connectivity index is 2.20.